The van der Waals surface area contributed by atoms with Crippen LogP contribution in [0.4, 0.5) is 32.2 Å². The number of hydrogen-bond donors (Lipinski definition) is 3. The molecule has 2 bridgehead atoms. The lowest BCUT2D eigenvalue weighted by atomic mass is 9.40. The van der Waals surface area contributed by atoms with Gasteiger partial charge < -0.3 is 15.6 Å². The SMILES string of the molecule is COC(=O)C12CC(NS(=O)(=O)c3ccc(C)c(-c4cnc5c(N)nc(C(F)(F)F)cn45)c3)(C1)C2.O=C(O)C(F)(F)F. The fraction of sp³-hybridized carbons (Fsp3) is 0.391. The molecule has 3 aromatic rings. The minimum Gasteiger partial charge on any atom is -0.475 e. The number of nitrogen functional groups attached to an aromatic ring is 1. The second kappa shape index (κ2) is 9.57. The summed E-state index contributed by atoms with van der Waals surface area (Å²) in [4.78, 5) is 28.2. The van der Waals surface area contributed by atoms with Gasteiger partial charge in [-0.3, -0.25) is 9.20 Å². The van der Waals surface area contributed by atoms with Gasteiger partial charge in [0.2, 0.25) is 10.0 Å². The minimum atomic E-state index is -5.08. The number of nitrogens with one attached hydrogen (secondary N) is 1. The summed E-state index contributed by atoms with van der Waals surface area (Å²) in [6.45, 7) is 1.70. The van der Waals surface area contributed by atoms with E-state index >= 15 is 0 Å². The standard InChI is InChI=1S/C21H20F3N5O4S.C2HF3O2/c1-11-3-4-12(34(31,32)28-20-8-19(9-20,10-20)18(30)33-2)5-13(11)14-6-26-17-16(25)27-15(7-29(14)17)21(22,23)24;3-2(4,5)1(6)7/h3-7,28H,8-10H2,1-2H3,(H2,25,27);(H,6,7). The first-order chi connectivity index (χ1) is 18.7. The van der Waals surface area contributed by atoms with Gasteiger partial charge in [0.15, 0.2) is 17.2 Å². The molecule has 0 aliphatic heterocycles. The molecule has 3 saturated carbocycles. The zero-order valence-corrected chi connectivity index (χ0v) is 21.9. The number of esters is 1. The molecular formula is C23H21F6N5O6S. The number of imidazole rings is 1. The van der Waals surface area contributed by atoms with Crippen molar-refractivity contribution in [1.29, 1.82) is 0 Å². The Morgan fingerprint density at radius 1 is 1.15 bits per heavy atom. The monoisotopic (exact) mass is 609 g/mol. The number of nitrogens with zero attached hydrogens (tertiary/aromatic N) is 3. The van der Waals surface area contributed by atoms with Gasteiger partial charge >= 0.3 is 24.3 Å². The first kappa shape index (κ1) is 30.0. The number of alkyl halides is 6. The van der Waals surface area contributed by atoms with Gasteiger partial charge in [-0.25, -0.2) is 27.9 Å². The summed E-state index contributed by atoms with van der Waals surface area (Å²) >= 11 is 0. The lowest BCUT2D eigenvalue weighted by Gasteiger charge is -2.68. The third-order valence-electron chi connectivity index (χ3n) is 6.85. The third kappa shape index (κ3) is 5.40. The zero-order chi connectivity index (χ0) is 30.8. The first-order valence-corrected chi connectivity index (χ1v) is 13.0. The summed E-state index contributed by atoms with van der Waals surface area (Å²) in [5, 5.41) is 7.12. The van der Waals surface area contributed by atoms with Crippen LogP contribution in [0.2, 0.25) is 0 Å². The number of fused-ring (bicyclic) bond motifs is 1. The van der Waals surface area contributed by atoms with Crippen molar-refractivity contribution >= 4 is 33.4 Å². The Morgan fingerprint density at radius 3 is 2.24 bits per heavy atom. The highest BCUT2D eigenvalue weighted by atomic mass is 32.2. The maximum Gasteiger partial charge on any atom is 0.490 e. The molecule has 0 unspecified atom stereocenters. The normalized spacial score (nSPS) is 21.8. The smallest absolute Gasteiger partial charge is 0.475 e. The van der Waals surface area contributed by atoms with E-state index in [1.807, 2.05) is 0 Å². The fourth-order valence-corrected chi connectivity index (χ4v) is 6.49. The number of methoxy groups -OCH3 is 1. The fourth-order valence-electron chi connectivity index (χ4n) is 5.07. The Labute approximate surface area is 227 Å². The summed E-state index contributed by atoms with van der Waals surface area (Å²) in [5.41, 5.74) is 4.45. The molecule has 222 valence electrons. The molecule has 3 aliphatic carbocycles. The molecule has 0 amide bonds. The summed E-state index contributed by atoms with van der Waals surface area (Å²) < 4.78 is 106. The predicted molar refractivity (Wildman–Crippen MR) is 128 cm³/mol. The van der Waals surface area contributed by atoms with Crippen LogP contribution in [0, 0.1) is 12.3 Å². The van der Waals surface area contributed by atoms with Crippen molar-refractivity contribution in [2.45, 2.75) is 49.0 Å². The number of benzene rings is 1. The second-order valence-corrected chi connectivity index (χ2v) is 11.5. The number of anilines is 1. The van der Waals surface area contributed by atoms with Crippen LogP contribution in [0.3, 0.4) is 0 Å². The average molecular weight is 610 g/mol. The Hall–Kier alpha value is -3.93. The highest BCUT2D eigenvalue weighted by Gasteiger charge is 2.73. The Bertz CT molecular complexity index is 1650. The quantitative estimate of drug-likeness (QED) is 0.291. The number of carboxylic acids is 1. The van der Waals surface area contributed by atoms with Crippen LogP contribution in [0.15, 0.2) is 35.5 Å². The van der Waals surface area contributed by atoms with Gasteiger partial charge in [0, 0.05) is 17.3 Å². The van der Waals surface area contributed by atoms with Gasteiger partial charge in [-0.2, -0.15) is 26.3 Å². The number of carbonyl (C=O) groups excluding carboxylic acids is 1. The van der Waals surface area contributed by atoms with Gasteiger partial charge in [-0.15, -0.1) is 0 Å². The number of carbonyl (C=O) groups is 2. The van der Waals surface area contributed by atoms with Crippen molar-refractivity contribution in [3.63, 3.8) is 0 Å². The van der Waals surface area contributed by atoms with Gasteiger partial charge in [0.05, 0.1) is 29.3 Å². The van der Waals surface area contributed by atoms with Gasteiger partial charge in [0.25, 0.3) is 0 Å². The van der Waals surface area contributed by atoms with Crippen LogP contribution < -0.4 is 10.5 Å². The van der Waals surface area contributed by atoms with Crippen LogP contribution in [0.25, 0.3) is 16.9 Å². The lowest BCUT2D eigenvalue weighted by molar-refractivity contribution is -0.197. The Morgan fingerprint density at radius 2 is 1.73 bits per heavy atom. The lowest BCUT2D eigenvalue weighted by Crippen LogP contribution is -2.77. The van der Waals surface area contributed by atoms with Crippen LogP contribution >= 0.6 is 0 Å². The van der Waals surface area contributed by atoms with E-state index in [9.17, 15) is 39.6 Å². The highest BCUT2D eigenvalue weighted by Crippen LogP contribution is 2.68. The van der Waals surface area contributed by atoms with E-state index in [1.165, 1.54) is 25.4 Å². The molecule has 2 aromatic heterocycles. The van der Waals surface area contributed by atoms with Crippen LogP contribution in [-0.4, -0.2) is 58.7 Å². The number of nitrogens with two attached hydrogens (primary N) is 1. The predicted octanol–water partition coefficient (Wildman–Crippen LogP) is 3.31. The van der Waals surface area contributed by atoms with Crippen molar-refractivity contribution in [2.24, 2.45) is 5.41 Å². The third-order valence-corrected chi connectivity index (χ3v) is 8.42. The van der Waals surface area contributed by atoms with E-state index in [-0.39, 0.29) is 22.2 Å². The molecule has 0 saturated heterocycles. The summed E-state index contributed by atoms with van der Waals surface area (Å²) in [6.07, 6.45) is -6.61. The number of halogens is 6. The molecule has 41 heavy (non-hydrogen) atoms. The van der Waals surface area contributed by atoms with Gasteiger partial charge in [-0.1, -0.05) is 6.07 Å². The van der Waals surface area contributed by atoms with E-state index in [0.717, 1.165) is 10.6 Å². The molecule has 3 fully saturated rings. The number of sulfonamides is 1. The van der Waals surface area contributed by atoms with Crippen LogP contribution in [0.5, 0.6) is 0 Å². The molecule has 0 radical (unpaired) electrons. The largest absolute Gasteiger partial charge is 0.490 e. The number of aromatic nitrogens is 3. The van der Waals surface area contributed by atoms with E-state index in [1.54, 1.807) is 13.0 Å². The Kier molecular flexibility index (Phi) is 7.01. The second-order valence-electron chi connectivity index (χ2n) is 9.81. The van der Waals surface area contributed by atoms with Crippen LogP contribution in [-0.2, 0) is 30.5 Å². The van der Waals surface area contributed by atoms with E-state index in [4.69, 9.17) is 20.4 Å². The van der Waals surface area contributed by atoms with Crippen LogP contribution in [0.1, 0.15) is 30.5 Å². The number of carboxylic acid groups (broad SMARTS) is 1. The Balaban J connectivity index is 0.000000493. The molecule has 4 N–H and O–H groups in total. The summed E-state index contributed by atoms with van der Waals surface area (Å²) in [5.74, 6) is -3.49. The summed E-state index contributed by atoms with van der Waals surface area (Å²) in [6, 6.07) is 4.37. The number of hydrogen-bond acceptors (Lipinski definition) is 8. The molecule has 0 atom stereocenters. The highest BCUT2D eigenvalue weighted by molar-refractivity contribution is 7.89. The zero-order valence-electron chi connectivity index (χ0n) is 21.1. The maximum atomic E-state index is 13.3. The van der Waals surface area contributed by atoms with Crippen molar-refractivity contribution in [3.8, 4) is 11.3 Å². The minimum absolute atomic E-state index is 0.0239. The molecule has 3 aliphatic rings. The van der Waals surface area contributed by atoms with Gasteiger partial charge in [-0.05, 0) is 43.9 Å². The first-order valence-electron chi connectivity index (χ1n) is 11.5. The number of ether oxygens (including phenoxy) is 1. The number of aryl methyl sites for hydroxylation is 1. The molecule has 1 aromatic carbocycles. The van der Waals surface area contributed by atoms with Crippen molar-refractivity contribution in [3.05, 3.63) is 41.9 Å². The number of rotatable bonds is 5. The van der Waals surface area contributed by atoms with Gasteiger partial charge in [0.1, 0.15) is 0 Å². The molecular weight excluding hydrogens is 588 g/mol. The van der Waals surface area contributed by atoms with E-state index in [0.29, 0.717) is 30.4 Å². The average Bonchev–Trinajstić information content (AvgIpc) is 3.24. The van der Waals surface area contributed by atoms with Crippen molar-refractivity contribution < 1.29 is 54.2 Å². The molecule has 11 nitrogen and oxygen atoms in total. The maximum absolute atomic E-state index is 13.3. The summed E-state index contributed by atoms with van der Waals surface area (Å²) in [7, 11) is -2.67. The van der Waals surface area contributed by atoms with Crippen molar-refractivity contribution in [2.75, 3.05) is 12.8 Å². The van der Waals surface area contributed by atoms with Crippen molar-refractivity contribution in [1.82, 2.24) is 19.1 Å². The molecule has 18 heteroatoms. The molecule has 6 rings (SSSR count). The molecule has 0 spiro atoms. The number of aliphatic carboxylic acids is 1. The molecule has 2 heterocycles. The van der Waals surface area contributed by atoms with E-state index < -0.39 is 50.8 Å². The topological polar surface area (TPSA) is 166 Å². The van der Waals surface area contributed by atoms with E-state index in [2.05, 4.69) is 14.7 Å².